The Morgan fingerprint density at radius 3 is 2.91 bits per heavy atom. The molecule has 1 aliphatic carbocycles. The molecule has 1 aliphatic rings. The summed E-state index contributed by atoms with van der Waals surface area (Å²) in [5.74, 6) is 0.626. The van der Waals surface area contributed by atoms with Gasteiger partial charge < -0.3 is 15.8 Å². The number of hydrogen-bond acceptors (Lipinski definition) is 3. The molecule has 4 nitrogen and oxygen atoms in total. The van der Waals surface area contributed by atoms with E-state index in [9.17, 15) is 4.79 Å². The van der Waals surface area contributed by atoms with Crippen LogP contribution in [0.2, 0.25) is 5.02 Å². The van der Waals surface area contributed by atoms with Gasteiger partial charge in [-0.1, -0.05) is 30.5 Å². The van der Waals surface area contributed by atoms with E-state index < -0.39 is 5.54 Å². The standard InChI is InChI=1S/C17H25ClN2O2.ClH/c1-12(22-14-7-5-6-13(18)10-14)11-20-16(21)15-8-3-4-9-17(15,2)19;/h5-7,10,12,15H,3-4,8-9,11,19H2,1-2H3,(H,20,21);1H. The second-order valence-corrected chi connectivity index (χ2v) is 6.87. The molecule has 23 heavy (non-hydrogen) atoms. The van der Waals surface area contributed by atoms with Crippen molar-refractivity contribution in [3.63, 3.8) is 0 Å². The third-order valence-electron chi connectivity index (χ3n) is 4.27. The molecule has 0 saturated heterocycles. The van der Waals surface area contributed by atoms with Gasteiger partial charge in [-0.2, -0.15) is 0 Å². The lowest BCUT2D eigenvalue weighted by atomic mass is 9.74. The van der Waals surface area contributed by atoms with E-state index in [1.54, 1.807) is 12.1 Å². The summed E-state index contributed by atoms with van der Waals surface area (Å²) in [5, 5.41) is 3.60. The Hall–Kier alpha value is -0.970. The van der Waals surface area contributed by atoms with Crippen LogP contribution in [0.25, 0.3) is 0 Å². The molecule has 1 fully saturated rings. The van der Waals surface area contributed by atoms with Gasteiger partial charge >= 0.3 is 0 Å². The topological polar surface area (TPSA) is 64.4 Å². The number of halogens is 2. The van der Waals surface area contributed by atoms with Crippen molar-refractivity contribution in [2.75, 3.05) is 6.54 Å². The first-order valence-electron chi connectivity index (χ1n) is 7.87. The van der Waals surface area contributed by atoms with Gasteiger partial charge in [0.25, 0.3) is 0 Å². The Labute approximate surface area is 149 Å². The highest BCUT2D eigenvalue weighted by molar-refractivity contribution is 6.30. The molecule has 130 valence electrons. The average molecular weight is 361 g/mol. The molecule has 1 amide bonds. The zero-order valence-corrected chi connectivity index (χ0v) is 15.3. The van der Waals surface area contributed by atoms with Gasteiger partial charge in [-0.25, -0.2) is 0 Å². The Kier molecular flexibility index (Phi) is 7.65. The largest absolute Gasteiger partial charge is 0.489 e. The molecular formula is C17H26Cl2N2O2. The van der Waals surface area contributed by atoms with Crippen molar-refractivity contribution in [1.82, 2.24) is 5.32 Å². The molecule has 0 spiro atoms. The number of carbonyl (C=O) groups is 1. The van der Waals surface area contributed by atoms with Crippen LogP contribution in [0, 0.1) is 5.92 Å². The first kappa shape index (κ1) is 20.1. The molecule has 0 bridgehead atoms. The fourth-order valence-electron chi connectivity index (χ4n) is 2.97. The van der Waals surface area contributed by atoms with Gasteiger partial charge in [-0.05, 0) is 44.9 Å². The first-order valence-corrected chi connectivity index (χ1v) is 8.25. The van der Waals surface area contributed by atoms with Crippen LogP contribution < -0.4 is 15.8 Å². The molecule has 1 aromatic carbocycles. The summed E-state index contributed by atoms with van der Waals surface area (Å²) in [7, 11) is 0. The third-order valence-corrected chi connectivity index (χ3v) is 4.50. The smallest absolute Gasteiger partial charge is 0.225 e. The maximum atomic E-state index is 12.4. The van der Waals surface area contributed by atoms with E-state index in [0.717, 1.165) is 25.7 Å². The van der Waals surface area contributed by atoms with Gasteiger partial charge in [0.05, 0.1) is 12.5 Å². The van der Waals surface area contributed by atoms with E-state index in [4.69, 9.17) is 22.1 Å². The zero-order valence-electron chi connectivity index (χ0n) is 13.7. The van der Waals surface area contributed by atoms with Gasteiger partial charge in [-0.3, -0.25) is 4.79 Å². The number of amides is 1. The van der Waals surface area contributed by atoms with Crippen LogP contribution in [0.5, 0.6) is 5.75 Å². The number of rotatable bonds is 5. The monoisotopic (exact) mass is 360 g/mol. The molecule has 0 aliphatic heterocycles. The average Bonchev–Trinajstić information content (AvgIpc) is 2.44. The zero-order chi connectivity index (χ0) is 16.2. The molecule has 0 heterocycles. The molecule has 0 radical (unpaired) electrons. The van der Waals surface area contributed by atoms with E-state index in [0.29, 0.717) is 17.3 Å². The van der Waals surface area contributed by atoms with E-state index in [1.807, 2.05) is 26.0 Å². The molecule has 6 heteroatoms. The highest BCUT2D eigenvalue weighted by atomic mass is 35.5. The Morgan fingerprint density at radius 1 is 1.52 bits per heavy atom. The van der Waals surface area contributed by atoms with Crippen molar-refractivity contribution in [3.05, 3.63) is 29.3 Å². The maximum Gasteiger partial charge on any atom is 0.225 e. The molecular weight excluding hydrogens is 335 g/mol. The highest BCUT2D eigenvalue weighted by Crippen LogP contribution is 2.31. The number of carbonyl (C=O) groups excluding carboxylic acids is 1. The Balaban J connectivity index is 0.00000264. The van der Waals surface area contributed by atoms with Crippen LogP contribution in [0.15, 0.2) is 24.3 Å². The van der Waals surface area contributed by atoms with Crippen molar-refractivity contribution >= 4 is 29.9 Å². The second-order valence-electron chi connectivity index (χ2n) is 6.44. The highest BCUT2D eigenvalue weighted by Gasteiger charge is 2.37. The fraction of sp³-hybridized carbons (Fsp3) is 0.588. The summed E-state index contributed by atoms with van der Waals surface area (Å²) in [5.41, 5.74) is 5.86. The number of hydrogen-bond donors (Lipinski definition) is 2. The van der Waals surface area contributed by atoms with Gasteiger partial charge in [0.1, 0.15) is 11.9 Å². The van der Waals surface area contributed by atoms with Gasteiger partial charge in [0.2, 0.25) is 5.91 Å². The van der Waals surface area contributed by atoms with Crippen molar-refractivity contribution in [2.45, 2.75) is 51.2 Å². The Morgan fingerprint density at radius 2 is 2.26 bits per heavy atom. The number of ether oxygens (including phenoxy) is 1. The molecule has 3 N–H and O–H groups in total. The van der Waals surface area contributed by atoms with Crippen LogP contribution >= 0.6 is 24.0 Å². The molecule has 0 aromatic heterocycles. The second kappa shape index (κ2) is 8.76. The van der Waals surface area contributed by atoms with Crippen LogP contribution in [-0.2, 0) is 4.79 Å². The van der Waals surface area contributed by atoms with Gasteiger partial charge in [0.15, 0.2) is 0 Å². The SMILES string of the molecule is CC(CNC(=O)C1CCCCC1(C)N)Oc1cccc(Cl)c1.Cl. The van der Waals surface area contributed by atoms with Crippen LogP contribution in [-0.4, -0.2) is 24.1 Å². The lowest BCUT2D eigenvalue weighted by Crippen LogP contribution is -2.53. The molecule has 3 atom stereocenters. The van der Waals surface area contributed by atoms with Gasteiger partial charge in [0, 0.05) is 10.6 Å². The van der Waals surface area contributed by atoms with Crippen LogP contribution in [0.1, 0.15) is 39.5 Å². The molecule has 1 saturated carbocycles. The summed E-state index contributed by atoms with van der Waals surface area (Å²) >= 11 is 5.93. The van der Waals surface area contributed by atoms with Gasteiger partial charge in [-0.15, -0.1) is 12.4 Å². The minimum atomic E-state index is -0.403. The molecule has 2 rings (SSSR count). The number of benzene rings is 1. The van der Waals surface area contributed by atoms with Crippen LogP contribution in [0.3, 0.4) is 0 Å². The summed E-state index contributed by atoms with van der Waals surface area (Å²) < 4.78 is 5.75. The minimum Gasteiger partial charge on any atom is -0.489 e. The van der Waals surface area contributed by atoms with E-state index >= 15 is 0 Å². The van der Waals surface area contributed by atoms with E-state index in [1.165, 1.54) is 0 Å². The lowest BCUT2D eigenvalue weighted by Gasteiger charge is -2.37. The quantitative estimate of drug-likeness (QED) is 0.843. The van der Waals surface area contributed by atoms with E-state index in [-0.39, 0.29) is 30.3 Å². The number of nitrogens with two attached hydrogens (primary N) is 1. The predicted octanol–water partition coefficient (Wildman–Crippen LogP) is 3.55. The maximum absolute atomic E-state index is 12.4. The summed E-state index contributed by atoms with van der Waals surface area (Å²) in [6.07, 6.45) is 3.81. The molecule has 3 unspecified atom stereocenters. The molecule has 1 aromatic rings. The number of nitrogens with one attached hydrogen (secondary N) is 1. The van der Waals surface area contributed by atoms with Crippen molar-refractivity contribution < 1.29 is 9.53 Å². The Bertz CT molecular complexity index is 523. The summed E-state index contributed by atoms with van der Waals surface area (Å²) in [6, 6.07) is 7.25. The van der Waals surface area contributed by atoms with E-state index in [2.05, 4.69) is 5.32 Å². The summed E-state index contributed by atoms with van der Waals surface area (Å²) in [6.45, 7) is 4.35. The normalized spacial score (nSPS) is 25.1. The third kappa shape index (κ3) is 5.87. The fourth-order valence-corrected chi connectivity index (χ4v) is 3.15. The first-order chi connectivity index (χ1) is 10.4. The van der Waals surface area contributed by atoms with Crippen LogP contribution in [0.4, 0.5) is 0 Å². The van der Waals surface area contributed by atoms with Crippen molar-refractivity contribution in [3.8, 4) is 5.75 Å². The summed E-state index contributed by atoms with van der Waals surface area (Å²) in [4.78, 5) is 12.4. The minimum absolute atomic E-state index is 0. The van der Waals surface area contributed by atoms with Crippen molar-refractivity contribution in [2.24, 2.45) is 11.7 Å². The predicted molar refractivity (Wildman–Crippen MR) is 96.4 cm³/mol. The lowest BCUT2D eigenvalue weighted by molar-refractivity contribution is -0.128. The van der Waals surface area contributed by atoms with Crippen molar-refractivity contribution in [1.29, 1.82) is 0 Å².